The molecule has 0 aliphatic heterocycles. The van der Waals surface area contributed by atoms with Gasteiger partial charge in [0.15, 0.2) is 5.78 Å². The molecule has 0 bridgehead atoms. The van der Waals surface area contributed by atoms with Crippen molar-refractivity contribution in [3.05, 3.63) is 70.7 Å². The van der Waals surface area contributed by atoms with Gasteiger partial charge in [0.2, 0.25) is 5.91 Å². The number of hydrogen-bond acceptors (Lipinski definition) is 5. The second-order valence-corrected chi connectivity index (χ2v) is 5.94. The van der Waals surface area contributed by atoms with Gasteiger partial charge in [-0.3, -0.25) is 9.59 Å². The zero-order chi connectivity index (χ0) is 16.2. The molecule has 23 heavy (non-hydrogen) atoms. The highest BCUT2D eigenvalue weighted by Crippen LogP contribution is 2.24. The van der Waals surface area contributed by atoms with Crippen molar-refractivity contribution >= 4 is 23.0 Å². The van der Waals surface area contributed by atoms with Gasteiger partial charge in [0.25, 0.3) is 0 Å². The third kappa shape index (κ3) is 3.32. The van der Waals surface area contributed by atoms with Gasteiger partial charge in [-0.2, -0.15) is 0 Å². The van der Waals surface area contributed by atoms with E-state index in [9.17, 15) is 9.59 Å². The lowest BCUT2D eigenvalue weighted by Crippen LogP contribution is -2.17. The van der Waals surface area contributed by atoms with Crippen LogP contribution in [0.4, 0.5) is 0 Å². The number of rotatable bonds is 5. The van der Waals surface area contributed by atoms with Crippen LogP contribution in [-0.4, -0.2) is 21.9 Å². The van der Waals surface area contributed by atoms with Crippen LogP contribution in [-0.2, 0) is 6.42 Å². The number of aromatic nitrogens is 2. The predicted molar refractivity (Wildman–Crippen MR) is 88.3 cm³/mol. The van der Waals surface area contributed by atoms with Crippen LogP contribution in [0.25, 0.3) is 10.6 Å². The van der Waals surface area contributed by atoms with Crippen LogP contribution in [0.1, 0.15) is 25.7 Å². The molecule has 0 fully saturated rings. The highest BCUT2D eigenvalue weighted by molar-refractivity contribution is 7.14. The average molecular weight is 323 g/mol. The van der Waals surface area contributed by atoms with Gasteiger partial charge in [-0.25, -0.2) is 0 Å². The first kappa shape index (κ1) is 15.1. The summed E-state index contributed by atoms with van der Waals surface area (Å²) in [6.07, 6.45) is 0.0921. The molecular formula is C17H13N3O2S. The topological polar surface area (TPSA) is 85.9 Å². The molecule has 0 saturated carbocycles. The second kappa shape index (κ2) is 6.50. The summed E-state index contributed by atoms with van der Waals surface area (Å²) >= 11 is 1.36. The van der Waals surface area contributed by atoms with E-state index in [1.165, 1.54) is 11.3 Å². The number of hydrogen-bond donors (Lipinski definition) is 1. The number of carbonyl (C=O) groups excluding carboxylic acids is 2. The monoisotopic (exact) mass is 323 g/mol. The molecule has 0 spiro atoms. The third-order valence-electron chi connectivity index (χ3n) is 3.29. The minimum atomic E-state index is -0.615. The fourth-order valence-corrected chi connectivity index (χ4v) is 3.04. The maximum Gasteiger partial charge on any atom is 0.249 e. The van der Waals surface area contributed by atoms with E-state index in [0.29, 0.717) is 10.6 Å². The number of amides is 1. The van der Waals surface area contributed by atoms with E-state index < -0.39 is 5.91 Å². The van der Waals surface area contributed by atoms with Gasteiger partial charge in [-0.05, 0) is 6.07 Å². The summed E-state index contributed by atoms with van der Waals surface area (Å²) in [5.74, 6) is -0.814. The number of carbonyl (C=O) groups is 2. The van der Waals surface area contributed by atoms with Crippen LogP contribution >= 0.6 is 11.3 Å². The minimum absolute atomic E-state index is 0.0921. The molecule has 0 atom stereocenters. The van der Waals surface area contributed by atoms with Crippen LogP contribution in [0.2, 0.25) is 0 Å². The van der Waals surface area contributed by atoms with E-state index in [2.05, 4.69) is 10.2 Å². The fourth-order valence-electron chi connectivity index (χ4n) is 2.20. The molecule has 0 unspecified atom stereocenters. The first-order valence-corrected chi connectivity index (χ1v) is 7.76. The summed E-state index contributed by atoms with van der Waals surface area (Å²) in [4.78, 5) is 23.8. The highest BCUT2D eigenvalue weighted by atomic mass is 32.1. The van der Waals surface area contributed by atoms with E-state index in [1.807, 2.05) is 30.3 Å². The number of benzene rings is 2. The molecule has 5 nitrogen and oxygen atoms in total. The van der Waals surface area contributed by atoms with Crippen molar-refractivity contribution in [3.8, 4) is 10.6 Å². The van der Waals surface area contributed by atoms with Crippen LogP contribution in [0.3, 0.4) is 0 Å². The predicted octanol–water partition coefficient (Wildman–Crippen LogP) is 2.73. The van der Waals surface area contributed by atoms with Crippen LogP contribution < -0.4 is 5.73 Å². The molecule has 2 aromatic carbocycles. The highest BCUT2D eigenvalue weighted by Gasteiger charge is 2.17. The van der Waals surface area contributed by atoms with Gasteiger partial charge in [-0.1, -0.05) is 59.9 Å². The van der Waals surface area contributed by atoms with Gasteiger partial charge in [0.1, 0.15) is 10.0 Å². The molecule has 2 N–H and O–H groups in total. The zero-order valence-electron chi connectivity index (χ0n) is 12.1. The summed E-state index contributed by atoms with van der Waals surface area (Å²) in [5.41, 5.74) is 6.81. The molecule has 3 rings (SSSR count). The van der Waals surface area contributed by atoms with E-state index >= 15 is 0 Å². The van der Waals surface area contributed by atoms with Crippen molar-refractivity contribution in [2.75, 3.05) is 0 Å². The molecule has 3 aromatic rings. The van der Waals surface area contributed by atoms with E-state index in [0.717, 1.165) is 10.6 Å². The van der Waals surface area contributed by atoms with Gasteiger partial charge >= 0.3 is 0 Å². The van der Waals surface area contributed by atoms with E-state index in [4.69, 9.17) is 5.73 Å². The lowest BCUT2D eigenvalue weighted by molar-refractivity contribution is 0.0963. The van der Waals surface area contributed by atoms with Crippen molar-refractivity contribution in [1.29, 1.82) is 0 Å². The van der Waals surface area contributed by atoms with Crippen molar-refractivity contribution in [2.45, 2.75) is 6.42 Å². The number of Topliss-reactive ketones (excluding diaryl/α,β-unsaturated/α-hetero) is 1. The van der Waals surface area contributed by atoms with Gasteiger partial charge < -0.3 is 5.73 Å². The van der Waals surface area contributed by atoms with Gasteiger partial charge in [0.05, 0.1) is 6.42 Å². The third-order valence-corrected chi connectivity index (χ3v) is 4.26. The Morgan fingerprint density at radius 2 is 1.57 bits per heavy atom. The first-order chi connectivity index (χ1) is 11.1. The molecule has 0 saturated heterocycles. The Bertz CT molecular complexity index is 859. The maximum atomic E-state index is 12.4. The van der Waals surface area contributed by atoms with Crippen molar-refractivity contribution in [1.82, 2.24) is 10.2 Å². The Hall–Kier alpha value is -2.86. The molecule has 1 amide bonds. The first-order valence-electron chi connectivity index (χ1n) is 6.95. The normalized spacial score (nSPS) is 10.4. The maximum absolute atomic E-state index is 12.4. The van der Waals surface area contributed by atoms with Gasteiger partial charge in [-0.15, -0.1) is 10.2 Å². The zero-order valence-corrected chi connectivity index (χ0v) is 12.9. The van der Waals surface area contributed by atoms with Crippen molar-refractivity contribution in [2.24, 2.45) is 5.73 Å². The Balaban J connectivity index is 1.82. The molecule has 1 heterocycles. The van der Waals surface area contributed by atoms with Crippen LogP contribution in [0, 0.1) is 0 Å². The molecular weight excluding hydrogens is 310 g/mol. The second-order valence-electron chi connectivity index (χ2n) is 4.88. The Morgan fingerprint density at radius 3 is 2.26 bits per heavy atom. The number of primary amides is 1. The Kier molecular flexibility index (Phi) is 4.25. The average Bonchev–Trinajstić information content (AvgIpc) is 3.04. The SMILES string of the molecule is NC(=O)c1ccccc1C(=O)Cc1nnc(-c2ccccc2)s1. The number of ketones is 1. The van der Waals surface area contributed by atoms with Crippen LogP contribution in [0.15, 0.2) is 54.6 Å². The van der Waals surface area contributed by atoms with E-state index in [1.54, 1.807) is 24.3 Å². The molecule has 1 aromatic heterocycles. The fraction of sp³-hybridized carbons (Fsp3) is 0.0588. The van der Waals surface area contributed by atoms with E-state index in [-0.39, 0.29) is 17.8 Å². The Labute approximate surface area is 136 Å². The lowest BCUT2D eigenvalue weighted by atomic mass is 10.0. The Morgan fingerprint density at radius 1 is 0.913 bits per heavy atom. The van der Waals surface area contributed by atoms with Gasteiger partial charge in [0, 0.05) is 16.7 Å². The largest absolute Gasteiger partial charge is 0.366 e. The standard InChI is InChI=1S/C17H13N3O2S/c18-16(22)13-9-5-4-8-12(13)14(21)10-15-19-20-17(23-15)11-6-2-1-3-7-11/h1-9H,10H2,(H2,18,22). The van der Waals surface area contributed by atoms with Crippen molar-refractivity contribution < 1.29 is 9.59 Å². The molecule has 0 aliphatic rings. The number of nitrogens with two attached hydrogens (primary N) is 1. The molecule has 6 heteroatoms. The molecule has 114 valence electrons. The quantitative estimate of drug-likeness (QED) is 0.731. The molecule has 0 radical (unpaired) electrons. The molecule has 0 aliphatic carbocycles. The summed E-state index contributed by atoms with van der Waals surface area (Å²) in [7, 11) is 0. The summed E-state index contributed by atoms with van der Waals surface area (Å²) < 4.78 is 0. The van der Waals surface area contributed by atoms with Crippen molar-refractivity contribution in [3.63, 3.8) is 0 Å². The van der Waals surface area contributed by atoms with Crippen LogP contribution in [0.5, 0.6) is 0 Å². The number of nitrogens with zero attached hydrogens (tertiary/aromatic N) is 2. The lowest BCUT2D eigenvalue weighted by Gasteiger charge is -2.03. The summed E-state index contributed by atoms with van der Waals surface area (Å²) in [5, 5.41) is 9.54. The smallest absolute Gasteiger partial charge is 0.249 e. The summed E-state index contributed by atoms with van der Waals surface area (Å²) in [6.45, 7) is 0. The minimum Gasteiger partial charge on any atom is -0.366 e. The summed E-state index contributed by atoms with van der Waals surface area (Å²) in [6, 6.07) is 16.2.